The molecule has 2 N–H and O–H groups in total. The van der Waals surface area contributed by atoms with Crippen molar-refractivity contribution < 1.29 is 18.7 Å². The fourth-order valence-electron chi connectivity index (χ4n) is 3.34. The van der Waals surface area contributed by atoms with E-state index in [0.29, 0.717) is 38.2 Å². The van der Waals surface area contributed by atoms with Gasteiger partial charge in [0.25, 0.3) is 0 Å². The molecule has 2 aromatic rings. The molecule has 0 saturated carbocycles. The molecular formula is C21H27FN4O3S. The monoisotopic (exact) mass is 434 g/mol. The van der Waals surface area contributed by atoms with Crippen LogP contribution in [0, 0.1) is 5.82 Å². The largest absolute Gasteiger partial charge is 0.372 e. The summed E-state index contributed by atoms with van der Waals surface area (Å²) in [5, 5.41) is 8.40. The smallest absolute Gasteiger partial charge is 0.319 e. The van der Waals surface area contributed by atoms with Crippen LogP contribution in [0.25, 0.3) is 0 Å². The second-order valence-electron chi connectivity index (χ2n) is 7.21. The van der Waals surface area contributed by atoms with E-state index in [9.17, 15) is 14.0 Å². The molecule has 7 nitrogen and oxygen atoms in total. The molecule has 30 heavy (non-hydrogen) atoms. The third kappa shape index (κ3) is 6.24. The van der Waals surface area contributed by atoms with Crippen LogP contribution in [0.2, 0.25) is 0 Å². The first-order valence-electron chi connectivity index (χ1n) is 10.1. The molecule has 1 atom stereocenters. The van der Waals surface area contributed by atoms with Gasteiger partial charge in [0.05, 0.1) is 12.1 Å². The molecule has 162 valence electrons. The van der Waals surface area contributed by atoms with E-state index in [1.165, 1.54) is 35.6 Å². The van der Waals surface area contributed by atoms with Gasteiger partial charge in [-0.2, -0.15) is 0 Å². The first kappa shape index (κ1) is 22.2. The lowest BCUT2D eigenvalue weighted by Crippen LogP contribution is -2.47. The summed E-state index contributed by atoms with van der Waals surface area (Å²) >= 11 is 1.51. The van der Waals surface area contributed by atoms with Gasteiger partial charge in [0, 0.05) is 36.8 Å². The summed E-state index contributed by atoms with van der Waals surface area (Å²) in [5.74, 6) is -0.305. The Balaban J connectivity index is 1.42. The van der Waals surface area contributed by atoms with Gasteiger partial charge >= 0.3 is 6.03 Å². The topological polar surface area (TPSA) is 83.6 Å². The van der Waals surface area contributed by atoms with E-state index in [4.69, 9.17) is 4.74 Å². The van der Waals surface area contributed by atoms with Crippen molar-refractivity contribution in [2.45, 2.75) is 45.3 Å². The third-order valence-electron chi connectivity index (χ3n) is 4.95. The van der Waals surface area contributed by atoms with E-state index in [1.807, 2.05) is 24.1 Å². The Morgan fingerprint density at radius 3 is 2.67 bits per heavy atom. The summed E-state index contributed by atoms with van der Waals surface area (Å²) in [5.41, 5.74) is 1.30. The fourth-order valence-corrected chi connectivity index (χ4v) is 4.16. The van der Waals surface area contributed by atoms with Gasteiger partial charge in [-0.1, -0.05) is 0 Å². The maximum absolute atomic E-state index is 12.9. The molecule has 1 aliphatic heterocycles. The summed E-state index contributed by atoms with van der Waals surface area (Å²) in [6.45, 7) is 5.71. The summed E-state index contributed by atoms with van der Waals surface area (Å²) in [6, 6.07) is 5.27. The molecule has 3 rings (SSSR count). The second kappa shape index (κ2) is 10.5. The minimum atomic E-state index is -0.351. The Bertz CT molecular complexity index is 850. The molecular weight excluding hydrogens is 407 g/mol. The van der Waals surface area contributed by atoms with Crippen LogP contribution in [0.5, 0.6) is 0 Å². The number of benzene rings is 1. The number of piperidine rings is 1. The van der Waals surface area contributed by atoms with Gasteiger partial charge < -0.3 is 20.3 Å². The number of halogens is 1. The van der Waals surface area contributed by atoms with Gasteiger partial charge in [0.15, 0.2) is 0 Å². The molecule has 1 aliphatic rings. The number of likely N-dealkylation sites (tertiary alicyclic amines) is 1. The number of ether oxygens (including phenoxy) is 1. The molecule has 1 fully saturated rings. The van der Waals surface area contributed by atoms with E-state index < -0.39 is 0 Å². The number of nitrogens with zero attached hydrogens (tertiary/aromatic N) is 2. The Labute approximate surface area is 179 Å². The van der Waals surface area contributed by atoms with Crippen molar-refractivity contribution in [3.63, 3.8) is 0 Å². The standard InChI is InChI=1S/C21H27FN4O3S/c1-3-29-14(2)20-23-18(13-30-20)12-19(27)26-10-8-17(9-11-26)25-21(28)24-16-6-4-15(22)5-7-16/h4-7,13-14,17H,3,8-12H2,1-2H3,(H2,24,25,28). The number of hydrogen-bond acceptors (Lipinski definition) is 5. The van der Waals surface area contributed by atoms with Crippen molar-refractivity contribution in [3.05, 3.63) is 46.2 Å². The molecule has 9 heteroatoms. The van der Waals surface area contributed by atoms with Crippen molar-refractivity contribution >= 4 is 29.0 Å². The molecule has 1 aromatic heterocycles. The zero-order valence-electron chi connectivity index (χ0n) is 17.2. The number of urea groups is 1. The van der Waals surface area contributed by atoms with Crippen LogP contribution in [0.15, 0.2) is 29.6 Å². The predicted octanol–water partition coefficient (Wildman–Crippen LogP) is 3.73. The quantitative estimate of drug-likeness (QED) is 0.696. The number of carbonyl (C=O) groups excluding carboxylic acids is 2. The molecule has 1 unspecified atom stereocenters. The van der Waals surface area contributed by atoms with E-state index >= 15 is 0 Å². The van der Waals surface area contributed by atoms with Crippen LogP contribution in [0.1, 0.15) is 43.5 Å². The summed E-state index contributed by atoms with van der Waals surface area (Å²) in [6.07, 6.45) is 1.59. The number of amides is 3. The van der Waals surface area contributed by atoms with Crippen molar-refractivity contribution in [2.24, 2.45) is 0 Å². The maximum atomic E-state index is 12.9. The van der Waals surface area contributed by atoms with Crippen molar-refractivity contribution in [1.29, 1.82) is 0 Å². The highest BCUT2D eigenvalue weighted by Gasteiger charge is 2.24. The van der Waals surface area contributed by atoms with Gasteiger partial charge in [0.2, 0.25) is 5.91 Å². The summed E-state index contributed by atoms with van der Waals surface area (Å²) in [7, 11) is 0. The maximum Gasteiger partial charge on any atom is 0.319 e. The first-order chi connectivity index (χ1) is 14.4. The second-order valence-corrected chi connectivity index (χ2v) is 8.10. The minimum Gasteiger partial charge on any atom is -0.372 e. The van der Waals surface area contributed by atoms with Crippen LogP contribution in [-0.4, -0.2) is 47.6 Å². The molecule has 0 aliphatic carbocycles. The Morgan fingerprint density at radius 2 is 2.00 bits per heavy atom. The number of anilines is 1. The van der Waals surface area contributed by atoms with E-state index in [-0.39, 0.29) is 36.3 Å². The first-order valence-corrected chi connectivity index (χ1v) is 11.0. The van der Waals surface area contributed by atoms with Crippen molar-refractivity contribution in [2.75, 3.05) is 25.0 Å². The van der Waals surface area contributed by atoms with Crippen molar-refractivity contribution in [1.82, 2.24) is 15.2 Å². The van der Waals surface area contributed by atoms with Gasteiger partial charge in [-0.15, -0.1) is 11.3 Å². The predicted molar refractivity (Wildman–Crippen MR) is 114 cm³/mol. The third-order valence-corrected chi connectivity index (χ3v) is 6.01. The lowest BCUT2D eigenvalue weighted by Gasteiger charge is -2.32. The Hall–Kier alpha value is -2.52. The number of thiazole rings is 1. The van der Waals surface area contributed by atoms with Crippen LogP contribution in [0.3, 0.4) is 0 Å². The van der Waals surface area contributed by atoms with Crippen LogP contribution < -0.4 is 10.6 Å². The highest BCUT2D eigenvalue weighted by Crippen LogP contribution is 2.22. The average Bonchev–Trinajstić information content (AvgIpc) is 3.19. The van der Waals surface area contributed by atoms with Gasteiger partial charge in [-0.25, -0.2) is 14.2 Å². The van der Waals surface area contributed by atoms with Gasteiger partial charge in [0.1, 0.15) is 16.9 Å². The molecule has 0 spiro atoms. The minimum absolute atomic E-state index is 0.00702. The van der Waals surface area contributed by atoms with Crippen molar-refractivity contribution in [3.8, 4) is 0 Å². The number of rotatable bonds is 7. The zero-order chi connectivity index (χ0) is 21.5. The Kier molecular flexibility index (Phi) is 7.75. The number of carbonyl (C=O) groups is 2. The molecule has 3 amide bonds. The zero-order valence-corrected chi connectivity index (χ0v) is 18.0. The normalized spacial score (nSPS) is 15.6. The molecule has 1 saturated heterocycles. The molecule has 0 radical (unpaired) electrons. The fraction of sp³-hybridized carbons (Fsp3) is 0.476. The number of nitrogens with one attached hydrogen (secondary N) is 2. The highest BCUT2D eigenvalue weighted by molar-refractivity contribution is 7.09. The molecule has 0 bridgehead atoms. The number of aromatic nitrogens is 1. The SMILES string of the molecule is CCOC(C)c1nc(CC(=O)N2CCC(NC(=O)Nc3ccc(F)cc3)CC2)cs1. The summed E-state index contributed by atoms with van der Waals surface area (Å²) < 4.78 is 18.5. The van der Waals surface area contributed by atoms with Gasteiger partial charge in [-0.3, -0.25) is 4.79 Å². The van der Waals surface area contributed by atoms with E-state index in [0.717, 1.165) is 10.7 Å². The lowest BCUT2D eigenvalue weighted by atomic mass is 10.0. The van der Waals surface area contributed by atoms with Gasteiger partial charge in [-0.05, 0) is 51.0 Å². The van der Waals surface area contributed by atoms with E-state index in [1.54, 1.807) is 0 Å². The van der Waals surface area contributed by atoms with Crippen LogP contribution in [0.4, 0.5) is 14.9 Å². The Morgan fingerprint density at radius 1 is 1.30 bits per heavy atom. The number of hydrogen-bond donors (Lipinski definition) is 2. The average molecular weight is 435 g/mol. The van der Waals surface area contributed by atoms with Crippen LogP contribution in [-0.2, 0) is 16.0 Å². The van der Waals surface area contributed by atoms with Crippen LogP contribution >= 0.6 is 11.3 Å². The highest BCUT2D eigenvalue weighted by atomic mass is 32.1. The summed E-state index contributed by atoms with van der Waals surface area (Å²) in [4.78, 5) is 31.1. The molecule has 2 heterocycles. The lowest BCUT2D eigenvalue weighted by molar-refractivity contribution is -0.131. The molecule has 1 aromatic carbocycles. The van der Waals surface area contributed by atoms with E-state index in [2.05, 4.69) is 15.6 Å².